The third-order valence-electron chi connectivity index (χ3n) is 10.3. The molecule has 4 heterocycles. The van der Waals surface area contributed by atoms with Crippen molar-refractivity contribution in [2.75, 3.05) is 39.3 Å². The summed E-state index contributed by atoms with van der Waals surface area (Å²) in [4.78, 5) is 36.8. The number of likely N-dealkylation sites (tertiary alicyclic amines) is 2. The van der Waals surface area contributed by atoms with E-state index in [0.29, 0.717) is 57.4 Å². The van der Waals surface area contributed by atoms with Gasteiger partial charge in [0.1, 0.15) is 5.60 Å². The summed E-state index contributed by atoms with van der Waals surface area (Å²) in [6.07, 6.45) is 2.04. The zero-order chi connectivity index (χ0) is 31.8. The zero-order valence-corrected chi connectivity index (χ0v) is 26.2. The van der Waals surface area contributed by atoms with E-state index in [2.05, 4.69) is 15.0 Å². The van der Waals surface area contributed by atoms with Crippen LogP contribution in [0.15, 0.2) is 28.8 Å². The number of hydrogen-bond acceptors (Lipinski definition) is 7. The van der Waals surface area contributed by atoms with Crippen LogP contribution in [0.1, 0.15) is 99.9 Å². The van der Waals surface area contributed by atoms with E-state index in [0.717, 1.165) is 75.1 Å². The van der Waals surface area contributed by atoms with Crippen LogP contribution in [0.3, 0.4) is 0 Å². The van der Waals surface area contributed by atoms with E-state index in [9.17, 15) is 22.8 Å². The first kappa shape index (κ1) is 31.8. The molecule has 0 N–H and O–H groups in total. The summed E-state index contributed by atoms with van der Waals surface area (Å²) in [6.45, 7) is 8.77. The highest BCUT2D eigenvalue weighted by molar-refractivity contribution is 5.79. The van der Waals surface area contributed by atoms with Crippen molar-refractivity contribution in [3.63, 3.8) is 0 Å². The molecule has 0 bridgehead atoms. The zero-order valence-electron chi connectivity index (χ0n) is 26.2. The Hall–Kier alpha value is -3.15. The Morgan fingerprint density at radius 3 is 2.27 bits per heavy atom. The molecule has 2 aromatic rings. The second kappa shape index (κ2) is 12.9. The first-order valence-corrected chi connectivity index (χ1v) is 16.5. The molecule has 3 aliphatic heterocycles. The monoisotopic (exact) mass is 631 g/mol. The molecular formula is C33H44F3N5O4. The maximum Gasteiger partial charge on any atom is 0.416 e. The summed E-state index contributed by atoms with van der Waals surface area (Å²) >= 11 is 0. The Morgan fingerprint density at radius 1 is 1.00 bits per heavy atom. The van der Waals surface area contributed by atoms with Gasteiger partial charge in [0.05, 0.1) is 12.1 Å². The number of aromatic nitrogens is 2. The van der Waals surface area contributed by atoms with Crippen LogP contribution in [-0.2, 0) is 22.3 Å². The molecule has 4 fully saturated rings. The molecule has 4 aliphatic rings. The van der Waals surface area contributed by atoms with Crippen LogP contribution in [0, 0.1) is 11.8 Å². The minimum absolute atomic E-state index is 0.0413. The Labute approximate surface area is 262 Å². The van der Waals surface area contributed by atoms with Crippen LogP contribution in [0.4, 0.5) is 18.0 Å². The second-order valence-corrected chi connectivity index (χ2v) is 13.9. The summed E-state index contributed by atoms with van der Waals surface area (Å²) in [5.74, 6) is 2.51. The first-order valence-electron chi connectivity index (χ1n) is 16.5. The van der Waals surface area contributed by atoms with Crippen molar-refractivity contribution in [2.45, 2.75) is 95.4 Å². The van der Waals surface area contributed by atoms with Crippen LogP contribution in [-0.4, -0.2) is 81.7 Å². The fraction of sp³-hybridized carbons (Fsp3) is 0.697. The van der Waals surface area contributed by atoms with E-state index in [1.807, 2.05) is 23.6 Å². The van der Waals surface area contributed by atoms with E-state index in [1.54, 1.807) is 0 Å². The predicted octanol–water partition coefficient (Wildman–Crippen LogP) is 6.21. The van der Waals surface area contributed by atoms with Crippen molar-refractivity contribution in [3.05, 3.63) is 47.1 Å². The highest BCUT2D eigenvalue weighted by atomic mass is 19.4. The van der Waals surface area contributed by atoms with Gasteiger partial charge in [-0.05, 0) is 62.1 Å². The second-order valence-electron chi connectivity index (χ2n) is 13.9. The Kier molecular flexibility index (Phi) is 9.14. The maximum atomic E-state index is 13.3. The molecule has 1 spiro atoms. The topological polar surface area (TPSA) is 92.0 Å². The quantitative estimate of drug-likeness (QED) is 0.359. The van der Waals surface area contributed by atoms with Crippen LogP contribution >= 0.6 is 0 Å². The smallest absolute Gasteiger partial charge is 0.416 e. The lowest BCUT2D eigenvalue weighted by Gasteiger charge is -2.38. The number of hydrogen-bond donors (Lipinski definition) is 0. The van der Waals surface area contributed by atoms with Crippen molar-refractivity contribution < 1.29 is 32.0 Å². The molecule has 246 valence electrons. The molecule has 1 aliphatic carbocycles. The summed E-state index contributed by atoms with van der Waals surface area (Å²) in [5, 5.41) is 4.09. The van der Waals surface area contributed by atoms with E-state index >= 15 is 0 Å². The number of amides is 2. The molecule has 1 saturated carbocycles. The largest absolute Gasteiger partial charge is 0.441 e. The van der Waals surface area contributed by atoms with E-state index in [-0.39, 0.29) is 29.8 Å². The molecule has 0 radical (unpaired) electrons. The molecule has 0 unspecified atom stereocenters. The molecule has 6 rings (SSSR count). The van der Waals surface area contributed by atoms with Gasteiger partial charge in [-0.1, -0.05) is 31.1 Å². The summed E-state index contributed by atoms with van der Waals surface area (Å²) in [6, 6.07) is 5.33. The number of carbonyl (C=O) groups excluding carboxylic acids is 2. The van der Waals surface area contributed by atoms with Crippen molar-refractivity contribution in [2.24, 2.45) is 11.8 Å². The third-order valence-corrected chi connectivity index (χ3v) is 10.3. The van der Waals surface area contributed by atoms with E-state index in [4.69, 9.17) is 9.26 Å². The number of piperidine rings is 2. The number of ether oxygens (including phenoxy) is 1. The normalized spacial score (nSPS) is 24.9. The highest BCUT2D eigenvalue weighted by Gasteiger charge is 2.47. The molecule has 1 aromatic carbocycles. The number of alkyl halides is 3. The lowest BCUT2D eigenvalue weighted by Crippen LogP contribution is -2.47. The van der Waals surface area contributed by atoms with Crippen molar-refractivity contribution in [1.29, 1.82) is 0 Å². The molecule has 9 nitrogen and oxygen atoms in total. The van der Waals surface area contributed by atoms with Crippen LogP contribution in [0.25, 0.3) is 0 Å². The maximum absolute atomic E-state index is 13.3. The molecule has 45 heavy (non-hydrogen) atoms. The highest BCUT2D eigenvalue weighted by Crippen LogP contribution is 2.38. The van der Waals surface area contributed by atoms with Gasteiger partial charge in [0, 0.05) is 69.9 Å². The number of halogens is 3. The summed E-state index contributed by atoms with van der Waals surface area (Å²) in [5.41, 5.74) is -0.295. The van der Waals surface area contributed by atoms with E-state index < -0.39 is 17.3 Å². The molecule has 2 amide bonds. The SMILES string of the molecule is CC(C)c1noc(C2CCN(C(=O)C3CCC(CN4CC5(CCN(Cc6ccc(C(F)(F)F)cc6)CC5)OC4=O)CC3)CC2)n1. The minimum atomic E-state index is -4.33. The Bertz CT molecular complexity index is 1320. The average Bonchev–Trinajstić information content (AvgIpc) is 3.64. The molecular weight excluding hydrogens is 587 g/mol. The number of nitrogens with zero attached hydrogens (tertiary/aromatic N) is 5. The predicted molar refractivity (Wildman–Crippen MR) is 159 cm³/mol. The van der Waals surface area contributed by atoms with Gasteiger partial charge in [-0.2, -0.15) is 18.2 Å². The van der Waals surface area contributed by atoms with Gasteiger partial charge in [0.15, 0.2) is 5.82 Å². The minimum Gasteiger partial charge on any atom is -0.441 e. The number of rotatable bonds is 7. The van der Waals surface area contributed by atoms with Crippen molar-refractivity contribution in [1.82, 2.24) is 24.8 Å². The van der Waals surface area contributed by atoms with Gasteiger partial charge in [0.2, 0.25) is 11.8 Å². The standard InChI is InChI=1S/C33H44F3N5O4/c1-22(2)28-37-29(45-38-28)25-11-15-40(16-12-25)30(42)26-7-3-24(4-8-26)20-41-21-32(44-31(41)43)13-17-39(18-14-32)19-23-5-9-27(10-6-23)33(34,35)36/h5-6,9-10,22,24-26H,3-4,7-8,11-21H2,1-2H3. The third kappa shape index (κ3) is 7.31. The van der Waals surface area contributed by atoms with Crippen LogP contribution in [0.2, 0.25) is 0 Å². The molecule has 3 saturated heterocycles. The molecule has 12 heteroatoms. The van der Waals surface area contributed by atoms with Gasteiger partial charge < -0.3 is 19.1 Å². The summed E-state index contributed by atoms with van der Waals surface area (Å²) < 4.78 is 50.1. The average molecular weight is 632 g/mol. The number of carbonyl (C=O) groups is 2. The van der Waals surface area contributed by atoms with Crippen molar-refractivity contribution >= 4 is 12.0 Å². The van der Waals surface area contributed by atoms with Gasteiger partial charge in [0.25, 0.3) is 0 Å². The Balaban J connectivity index is 0.916. The first-order chi connectivity index (χ1) is 21.5. The Morgan fingerprint density at radius 2 is 1.67 bits per heavy atom. The number of benzene rings is 1. The van der Waals surface area contributed by atoms with Gasteiger partial charge in [-0.25, -0.2) is 4.79 Å². The van der Waals surface area contributed by atoms with Gasteiger partial charge in [-0.15, -0.1) is 0 Å². The molecule has 1 aromatic heterocycles. The summed E-state index contributed by atoms with van der Waals surface area (Å²) in [7, 11) is 0. The van der Waals surface area contributed by atoms with Crippen LogP contribution < -0.4 is 0 Å². The fourth-order valence-corrected chi connectivity index (χ4v) is 7.43. The van der Waals surface area contributed by atoms with Crippen molar-refractivity contribution in [3.8, 4) is 0 Å². The lowest BCUT2D eigenvalue weighted by molar-refractivity contribution is -0.138. The van der Waals surface area contributed by atoms with E-state index in [1.165, 1.54) is 12.1 Å². The van der Waals surface area contributed by atoms with Gasteiger partial charge in [-0.3, -0.25) is 9.69 Å². The molecule has 0 atom stereocenters. The lowest BCUT2D eigenvalue weighted by atomic mass is 9.80. The fourth-order valence-electron chi connectivity index (χ4n) is 7.43. The van der Waals surface area contributed by atoms with Crippen LogP contribution in [0.5, 0.6) is 0 Å². The van der Waals surface area contributed by atoms with Gasteiger partial charge >= 0.3 is 12.3 Å².